The van der Waals surface area contributed by atoms with Gasteiger partial charge in [0.05, 0.1) is 0 Å². The molecule has 0 aliphatic carbocycles. The average Bonchev–Trinajstić information content (AvgIpc) is 2.73. The Kier molecular flexibility index (Phi) is 3.21. The van der Waals surface area contributed by atoms with E-state index in [0.29, 0.717) is 0 Å². The third kappa shape index (κ3) is 1.86. The SMILES string of the molecule is O=C(c1cscc1Br)c1cscc1Br. The molecule has 0 atom stereocenters. The van der Waals surface area contributed by atoms with E-state index in [9.17, 15) is 4.79 Å². The fraction of sp³-hybridized carbons (Fsp3) is 0. The fourth-order valence-corrected chi connectivity index (χ4v) is 3.94. The summed E-state index contributed by atoms with van der Waals surface area (Å²) in [6, 6.07) is 0. The van der Waals surface area contributed by atoms with E-state index in [0.717, 1.165) is 20.1 Å². The Morgan fingerprint density at radius 1 is 0.929 bits per heavy atom. The zero-order valence-electron chi connectivity index (χ0n) is 6.79. The van der Waals surface area contributed by atoms with Crippen molar-refractivity contribution in [1.82, 2.24) is 0 Å². The molecule has 2 rings (SSSR count). The zero-order chi connectivity index (χ0) is 10.1. The van der Waals surface area contributed by atoms with Crippen molar-refractivity contribution in [1.29, 1.82) is 0 Å². The minimum absolute atomic E-state index is 0.0613. The zero-order valence-corrected chi connectivity index (χ0v) is 11.6. The molecule has 5 heteroatoms. The summed E-state index contributed by atoms with van der Waals surface area (Å²) in [6.45, 7) is 0. The second-order valence-electron chi connectivity index (χ2n) is 2.60. The molecule has 14 heavy (non-hydrogen) atoms. The van der Waals surface area contributed by atoms with Crippen molar-refractivity contribution < 1.29 is 4.79 Å². The lowest BCUT2D eigenvalue weighted by Gasteiger charge is -1.96. The molecule has 0 spiro atoms. The van der Waals surface area contributed by atoms with Crippen LogP contribution in [0.5, 0.6) is 0 Å². The Hall–Kier alpha value is 0.0300. The standard InChI is InChI=1S/C9H4Br2OS2/c10-7-3-13-1-5(7)9(12)6-2-14-4-8(6)11/h1-4H. The lowest BCUT2D eigenvalue weighted by Crippen LogP contribution is -1.98. The van der Waals surface area contributed by atoms with Crippen molar-refractivity contribution in [2.24, 2.45) is 0 Å². The molecular weight excluding hydrogens is 348 g/mol. The van der Waals surface area contributed by atoms with Gasteiger partial charge in [-0.3, -0.25) is 4.79 Å². The lowest BCUT2D eigenvalue weighted by molar-refractivity contribution is 0.103. The van der Waals surface area contributed by atoms with Crippen LogP contribution in [0.3, 0.4) is 0 Å². The molecule has 0 unspecified atom stereocenters. The van der Waals surface area contributed by atoms with Gasteiger partial charge < -0.3 is 0 Å². The van der Waals surface area contributed by atoms with Crippen LogP contribution in [-0.2, 0) is 0 Å². The third-order valence-corrected chi connectivity index (χ3v) is 5.12. The molecule has 0 aliphatic heterocycles. The molecule has 72 valence electrons. The van der Waals surface area contributed by atoms with Crippen molar-refractivity contribution in [3.63, 3.8) is 0 Å². The van der Waals surface area contributed by atoms with E-state index in [1.807, 2.05) is 21.5 Å². The maximum atomic E-state index is 12.0. The minimum Gasteiger partial charge on any atom is -0.288 e. The van der Waals surface area contributed by atoms with Crippen molar-refractivity contribution >= 4 is 60.3 Å². The van der Waals surface area contributed by atoms with Gasteiger partial charge in [-0.15, -0.1) is 0 Å². The van der Waals surface area contributed by atoms with Crippen molar-refractivity contribution in [3.05, 3.63) is 41.6 Å². The van der Waals surface area contributed by atoms with Crippen LogP contribution < -0.4 is 0 Å². The van der Waals surface area contributed by atoms with E-state index in [4.69, 9.17) is 0 Å². The third-order valence-electron chi connectivity index (χ3n) is 1.72. The van der Waals surface area contributed by atoms with E-state index < -0.39 is 0 Å². The maximum absolute atomic E-state index is 12.0. The number of ketones is 1. The second kappa shape index (κ2) is 4.26. The highest BCUT2D eigenvalue weighted by molar-refractivity contribution is 9.11. The van der Waals surface area contributed by atoms with E-state index in [-0.39, 0.29) is 5.78 Å². The van der Waals surface area contributed by atoms with Crippen molar-refractivity contribution in [2.45, 2.75) is 0 Å². The van der Waals surface area contributed by atoms with E-state index >= 15 is 0 Å². The van der Waals surface area contributed by atoms with Gasteiger partial charge in [0.1, 0.15) is 0 Å². The first-order chi connectivity index (χ1) is 6.70. The Labute approximate surface area is 106 Å². The predicted octanol–water partition coefficient (Wildman–Crippen LogP) is 4.57. The molecule has 2 heterocycles. The maximum Gasteiger partial charge on any atom is 0.196 e. The van der Waals surface area contributed by atoms with Crippen LogP contribution in [-0.4, -0.2) is 5.78 Å². The minimum atomic E-state index is 0.0613. The molecule has 0 saturated carbocycles. The number of carbonyl (C=O) groups is 1. The fourth-order valence-electron chi connectivity index (χ4n) is 1.03. The molecule has 2 aromatic rings. The van der Waals surface area contributed by atoms with Gasteiger partial charge >= 0.3 is 0 Å². The van der Waals surface area contributed by atoms with Crippen LogP contribution in [0.4, 0.5) is 0 Å². The van der Waals surface area contributed by atoms with Gasteiger partial charge in [0.15, 0.2) is 5.78 Å². The molecular formula is C9H4Br2OS2. The lowest BCUT2D eigenvalue weighted by atomic mass is 10.1. The Morgan fingerprint density at radius 3 is 1.64 bits per heavy atom. The number of halogens is 2. The van der Waals surface area contributed by atoms with E-state index in [1.54, 1.807) is 0 Å². The summed E-state index contributed by atoms with van der Waals surface area (Å²) >= 11 is 9.75. The molecule has 0 amide bonds. The number of hydrogen-bond donors (Lipinski definition) is 0. The summed E-state index contributed by atoms with van der Waals surface area (Å²) in [5.41, 5.74) is 1.46. The molecule has 0 N–H and O–H groups in total. The summed E-state index contributed by atoms with van der Waals surface area (Å²) in [5.74, 6) is 0.0613. The smallest absolute Gasteiger partial charge is 0.196 e. The molecule has 0 aromatic carbocycles. The van der Waals surface area contributed by atoms with Gasteiger partial charge in [-0.25, -0.2) is 0 Å². The van der Waals surface area contributed by atoms with Gasteiger partial charge in [-0.2, -0.15) is 22.7 Å². The normalized spacial score (nSPS) is 10.4. The van der Waals surface area contributed by atoms with Gasteiger partial charge in [-0.1, -0.05) is 0 Å². The van der Waals surface area contributed by atoms with Crippen LogP contribution in [0.2, 0.25) is 0 Å². The van der Waals surface area contributed by atoms with Crippen LogP contribution in [0, 0.1) is 0 Å². The van der Waals surface area contributed by atoms with Gasteiger partial charge in [0.25, 0.3) is 0 Å². The highest BCUT2D eigenvalue weighted by Gasteiger charge is 2.16. The number of carbonyl (C=O) groups excluding carboxylic acids is 1. The molecule has 0 bridgehead atoms. The summed E-state index contributed by atoms with van der Waals surface area (Å²) in [7, 11) is 0. The number of hydrogen-bond acceptors (Lipinski definition) is 3. The topological polar surface area (TPSA) is 17.1 Å². The summed E-state index contributed by atoms with van der Waals surface area (Å²) in [6.07, 6.45) is 0. The van der Waals surface area contributed by atoms with E-state index in [1.165, 1.54) is 22.7 Å². The first-order valence-corrected chi connectivity index (χ1v) is 7.15. The average molecular weight is 352 g/mol. The molecule has 0 saturated heterocycles. The molecule has 1 nitrogen and oxygen atoms in total. The quantitative estimate of drug-likeness (QED) is 0.724. The Morgan fingerprint density at radius 2 is 1.36 bits per heavy atom. The van der Waals surface area contributed by atoms with Gasteiger partial charge in [-0.05, 0) is 31.9 Å². The second-order valence-corrected chi connectivity index (χ2v) is 5.79. The largest absolute Gasteiger partial charge is 0.288 e. The monoisotopic (exact) mass is 350 g/mol. The highest BCUT2D eigenvalue weighted by Crippen LogP contribution is 2.28. The molecule has 0 radical (unpaired) electrons. The number of thiophene rings is 2. The van der Waals surface area contributed by atoms with Crippen molar-refractivity contribution in [2.75, 3.05) is 0 Å². The number of rotatable bonds is 2. The van der Waals surface area contributed by atoms with Crippen LogP contribution in [0.25, 0.3) is 0 Å². The first-order valence-electron chi connectivity index (χ1n) is 3.68. The summed E-state index contributed by atoms with van der Waals surface area (Å²) in [5, 5.41) is 7.54. The first kappa shape index (κ1) is 10.5. The molecule has 2 aromatic heterocycles. The summed E-state index contributed by atoms with van der Waals surface area (Å²) < 4.78 is 1.73. The molecule has 0 fully saturated rings. The summed E-state index contributed by atoms with van der Waals surface area (Å²) in [4.78, 5) is 12.0. The van der Waals surface area contributed by atoms with Gasteiger partial charge in [0.2, 0.25) is 0 Å². The molecule has 0 aliphatic rings. The Balaban J connectivity index is 2.44. The Bertz CT molecular complexity index is 430. The van der Waals surface area contributed by atoms with Crippen LogP contribution in [0.15, 0.2) is 30.5 Å². The van der Waals surface area contributed by atoms with Gasteiger partial charge in [0, 0.05) is 41.6 Å². The van der Waals surface area contributed by atoms with E-state index in [2.05, 4.69) is 31.9 Å². The van der Waals surface area contributed by atoms with Crippen LogP contribution >= 0.6 is 54.5 Å². The highest BCUT2D eigenvalue weighted by atomic mass is 79.9. The predicted molar refractivity (Wildman–Crippen MR) is 67.5 cm³/mol. The van der Waals surface area contributed by atoms with Crippen LogP contribution in [0.1, 0.15) is 15.9 Å². The van der Waals surface area contributed by atoms with Crippen molar-refractivity contribution in [3.8, 4) is 0 Å².